The first-order valence-corrected chi connectivity index (χ1v) is 10.2. The van der Waals surface area contributed by atoms with Gasteiger partial charge >= 0.3 is 13.1 Å². The number of nitrogens with zero attached hydrogens (tertiary/aromatic N) is 1. The van der Waals surface area contributed by atoms with E-state index >= 15 is 0 Å². The molecule has 0 spiro atoms. The zero-order valence-electron chi connectivity index (χ0n) is 16.6. The molecule has 0 aliphatic carbocycles. The predicted octanol–water partition coefficient (Wildman–Crippen LogP) is 0.341. The van der Waals surface area contributed by atoms with Crippen molar-refractivity contribution < 1.29 is 24.7 Å². The molecule has 1 fully saturated rings. The van der Waals surface area contributed by atoms with E-state index in [-0.39, 0.29) is 30.7 Å². The lowest BCUT2D eigenvalue weighted by Crippen LogP contribution is -2.49. The zero-order chi connectivity index (χ0) is 21.6. The van der Waals surface area contributed by atoms with Gasteiger partial charge in [-0.25, -0.2) is 0 Å². The second-order valence-electron chi connectivity index (χ2n) is 7.41. The van der Waals surface area contributed by atoms with Crippen LogP contribution in [0.4, 0.5) is 0 Å². The van der Waals surface area contributed by atoms with Crippen LogP contribution >= 0.6 is 11.6 Å². The van der Waals surface area contributed by atoms with E-state index in [1.165, 1.54) is 7.05 Å². The van der Waals surface area contributed by atoms with Gasteiger partial charge in [-0.05, 0) is 55.4 Å². The molecule has 29 heavy (non-hydrogen) atoms. The van der Waals surface area contributed by atoms with Crippen LogP contribution < -0.4 is 11.1 Å². The number of carbonyl (C=O) groups is 2. The van der Waals surface area contributed by atoms with Crippen LogP contribution in [0.5, 0.6) is 0 Å². The number of likely N-dealkylation sites (tertiary alicyclic amines) is 1. The molecule has 10 heteroatoms. The summed E-state index contributed by atoms with van der Waals surface area (Å²) >= 11 is 6.01. The molecule has 1 amide bonds. The normalized spacial score (nSPS) is 23.1. The van der Waals surface area contributed by atoms with E-state index < -0.39 is 19.0 Å². The van der Waals surface area contributed by atoms with E-state index in [4.69, 9.17) is 21.6 Å². The van der Waals surface area contributed by atoms with Crippen LogP contribution in [-0.2, 0) is 22.6 Å². The molecule has 1 aromatic rings. The average Bonchev–Trinajstić information content (AvgIpc) is 3.13. The summed E-state index contributed by atoms with van der Waals surface area (Å²) in [6.45, 7) is 1.15. The minimum Gasteiger partial charge on any atom is -0.481 e. The zero-order valence-corrected chi connectivity index (χ0v) is 17.3. The molecule has 0 saturated carbocycles. The molecule has 0 bridgehead atoms. The van der Waals surface area contributed by atoms with Crippen molar-refractivity contribution in [2.45, 2.75) is 38.2 Å². The standard InChI is InChI=1S/C18H24BClN2O5.CH5N/c20-14-4-3-11-7-16(21-8-13(11)6-14)17(23)22-9-12(2-1-5-19(26)27)15(10-22)18(24)25;1-2/h3-4,6,12,15-16,21,26-27H,1-2,5,7-10H2,(H,24,25);2H2,1H3. The Morgan fingerprint density at radius 3 is 2.66 bits per heavy atom. The monoisotopic (exact) mass is 425 g/mol. The number of nitrogens with one attached hydrogen (secondary N) is 1. The fourth-order valence-electron chi connectivity index (χ4n) is 4.06. The van der Waals surface area contributed by atoms with Gasteiger partial charge in [-0.3, -0.25) is 9.59 Å². The Bertz CT molecular complexity index is 721. The van der Waals surface area contributed by atoms with E-state index in [1.807, 2.05) is 18.2 Å². The summed E-state index contributed by atoms with van der Waals surface area (Å²) in [5, 5.41) is 31.3. The SMILES string of the molecule is CN.O=C(O)C1CN(C(=O)C2Cc3ccc(Cl)cc3CN2)CC1CCCB(O)O. The summed E-state index contributed by atoms with van der Waals surface area (Å²) < 4.78 is 0. The van der Waals surface area contributed by atoms with Crippen molar-refractivity contribution >= 4 is 30.6 Å². The fourth-order valence-corrected chi connectivity index (χ4v) is 4.26. The lowest BCUT2D eigenvalue weighted by Gasteiger charge is -2.29. The third-order valence-electron chi connectivity index (χ3n) is 5.54. The van der Waals surface area contributed by atoms with Crippen LogP contribution in [0.25, 0.3) is 0 Å². The van der Waals surface area contributed by atoms with Crippen molar-refractivity contribution in [3.63, 3.8) is 0 Å². The molecule has 2 heterocycles. The summed E-state index contributed by atoms with van der Waals surface area (Å²) in [5.41, 5.74) is 6.66. The van der Waals surface area contributed by atoms with Crippen molar-refractivity contribution in [3.8, 4) is 0 Å². The Labute approximate surface area is 176 Å². The molecule has 0 aromatic heterocycles. The molecule has 6 N–H and O–H groups in total. The third-order valence-corrected chi connectivity index (χ3v) is 5.77. The van der Waals surface area contributed by atoms with Gasteiger partial charge in [0.2, 0.25) is 5.91 Å². The number of halogens is 1. The molecule has 2 aliphatic rings. The van der Waals surface area contributed by atoms with Gasteiger partial charge in [0.05, 0.1) is 12.0 Å². The van der Waals surface area contributed by atoms with Gasteiger partial charge in [0, 0.05) is 24.7 Å². The number of amides is 1. The van der Waals surface area contributed by atoms with Crippen LogP contribution in [0, 0.1) is 11.8 Å². The van der Waals surface area contributed by atoms with Crippen LogP contribution in [0.2, 0.25) is 11.3 Å². The van der Waals surface area contributed by atoms with Gasteiger partial charge in [-0.15, -0.1) is 0 Å². The molecule has 1 aromatic carbocycles. The molecule has 3 rings (SSSR count). The number of carboxylic acids is 1. The Balaban J connectivity index is 0.00000145. The maximum Gasteiger partial charge on any atom is 0.451 e. The van der Waals surface area contributed by atoms with E-state index in [2.05, 4.69) is 11.1 Å². The number of carbonyl (C=O) groups excluding carboxylic acids is 1. The first-order chi connectivity index (χ1) is 13.8. The molecule has 3 unspecified atom stereocenters. The van der Waals surface area contributed by atoms with E-state index in [1.54, 1.807) is 4.90 Å². The summed E-state index contributed by atoms with van der Waals surface area (Å²) in [5.74, 6) is -1.76. The number of rotatable bonds is 6. The van der Waals surface area contributed by atoms with Crippen molar-refractivity contribution in [2.24, 2.45) is 17.6 Å². The van der Waals surface area contributed by atoms with E-state index in [0.717, 1.165) is 11.1 Å². The second-order valence-corrected chi connectivity index (χ2v) is 7.85. The number of benzene rings is 1. The summed E-state index contributed by atoms with van der Waals surface area (Å²) in [4.78, 5) is 26.2. The lowest BCUT2D eigenvalue weighted by molar-refractivity contribution is -0.142. The third kappa shape index (κ3) is 6.17. The smallest absolute Gasteiger partial charge is 0.451 e. The number of hydrogen-bond donors (Lipinski definition) is 5. The number of nitrogens with two attached hydrogens (primary N) is 1. The second kappa shape index (κ2) is 10.9. The fraction of sp³-hybridized carbons (Fsp3) is 0.579. The van der Waals surface area contributed by atoms with E-state index in [9.17, 15) is 14.7 Å². The first-order valence-electron chi connectivity index (χ1n) is 9.81. The Morgan fingerprint density at radius 2 is 2.00 bits per heavy atom. The topological polar surface area (TPSA) is 136 Å². The molecule has 0 radical (unpaired) electrons. The predicted molar refractivity (Wildman–Crippen MR) is 111 cm³/mol. The highest BCUT2D eigenvalue weighted by Crippen LogP contribution is 2.30. The Morgan fingerprint density at radius 1 is 1.28 bits per heavy atom. The summed E-state index contributed by atoms with van der Waals surface area (Å²) in [7, 11) is 0.118. The maximum atomic E-state index is 12.9. The van der Waals surface area contributed by atoms with Gasteiger partial charge in [-0.1, -0.05) is 24.1 Å². The minimum atomic E-state index is -1.38. The summed E-state index contributed by atoms with van der Waals surface area (Å²) in [6.07, 6.45) is 1.84. The lowest BCUT2D eigenvalue weighted by atomic mass is 9.80. The highest BCUT2D eigenvalue weighted by molar-refractivity contribution is 6.40. The van der Waals surface area contributed by atoms with Gasteiger partial charge in [0.15, 0.2) is 0 Å². The van der Waals surface area contributed by atoms with Crippen molar-refractivity contribution in [3.05, 3.63) is 34.3 Å². The largest absolute Gasteiger partial charge is 0.481 e. The molecular formula is C19H29BClN3O5. The van der Waals surface area contributed by atoms with Gasteiger partial charge < -0.3 is 31.1 Å². The van der Waals surface area contributed by atoms with Crippen LogP contribution in [-0.4, -0.2) is 65.2 Å². The summed E-state index contributed by atoms with van der Waals surface area (Å²) in [6, 6.07) is 5.28. The average molecular weight is 426 g/mol. The molecule has 160 valence electrons. The van der Waals surface area contributed by atoms with Crippen LogP contribution in [0.3, 0.4) is 0 Å². The van der Waals surface area contributed by atoms with Gasteiger partial charge in [0.1, 0.15) is 0 Å². The molecule has 1 saturated heterocycles. The molecule has 3 atom stereocenters. The number of carboxylic acid groups (broad SMARTS) is 1. The highest BCUT2D eigenvalue weighted by atomic mass is 35.5. The number of aliphatic carboxylic acids is 1. The number of fused-ring (bicyclic) bond motifs is 1. The number of hydrogen-bond acceptors (Lipinski definition) is 6. The first kappa shape index (κ1) is 23.6. The molecule has 2 aliphatic heterocycles. The van der Waals surface area contributed by atoms with Crippen LogP contribution in [0.15, 0.2) is 18.2 Å². The molecule has 8 nitrogen and oxygen atoms in total. The Kier molecular flexibility index (Phi) is 8.91. The highest BCUT2D eigenvalue weighted by Gasteiger charge is 2.41. The van der Waals surface area contributed by atoms with Gasteiger partial charge in [-0.2, -0.15) is 0 Å². The quantitative estimate of drug-likeness (QED) is 0.415. The van der Waals surface area contributed by atoms with Crippen molar-refractivity contribution in [1.29, 1.82) is 0 Å². The van der Waals surface area contributed by atoms with Gasteiger partial charge in [0.25, 0.3) is 0 Å². The molecular weight excluding hydrogens is 396 g/mol. The van der Waals surface area contributed by atoms with Crippen LogP contribution in [0.1, 0.15) is 24.0 Å². The minimum absolute atomic E-state index is 0.0773. The van der Waals surface area contributed by atoms with Crippen molar-refractivity contribution in [1.82, 2.24) is 10.2 Å². The Hall–Kier alpha value is -1.65. The maximum absolute atomic E-state index is 12.9. The van der Waals surface area contributed by atoms with E-state index in [0.29, 0.717) is 37.4 Å². The van der Waals surface area contributed by atoms with Crippen molar-refractivity contribution in [2.75, 3.05) is 20.1 Å².